The summed E-state index contributed by atoms with van der Waals surface area (Å²) in [5.74, 6) is -0.621. The zero-order chi connectivity index (χ0) is 43.1. The first kappa shape index (κ1) is 47.3. The van der Waals surface area contributed by atoms with Crippen molar-refractivity contribution in [3.8, 4) is 5.75 Å². The van der Waals surface area contributed by atoms with Gasteiger partial charge >= 0.3 is 23.5 Å². The lowest BCUT2D eigenvalue weighted by atomic mass is 9.87. The van der Waals surface area contributed by atoms with E-state index in [2.05, 4.69) is 34.4 Å². The number of aliphatic hydroxyl groups excluding tert-OH is 2. The topological polar surface area (TPSA) is 373 Å². The molecule has 25 nitrogen and oxygen atoms in total. The number of carbonyl (C=O) groups excluding carboxylic acids is 3. The second-order valence-electron chi connectivity index (χ2n) is 12.9. The largest absolute Gasteiger partial charge is 0.497 e. The molecule has 0 aliphatic carbocycles. The maximum Gasteiger partial charge on any atom is 0.481 e. The molecule has 58 heavy (non-hydrogen) atoms. The number of nitrogens with zero attached hydrogens (tertiary/aromatic N) is 4. The minimum absolute atomic E-state index is 0.0271. The van der Waals surface area contributed by atoms with E-state index in [-0.39, 0.29) is 47.4 Å². The number of aromatic nitrogens is 4. The van der Waals surface area contributed by atoms with E-state index in [0.717, 1.165) is 29.0 Å². The van der Waals surface area contributed by atoms with Crippen LogP contribution in [0.15, 0.2) is 36.9 Å². The molecule has 29 heteroatoms. The molecule has 1 aliphatic rings. The van der Waals surface area contributed by atoms with Crippen LogP contribution in [-0.2, 0) is 45.9 Å². The summed E-state index contributed by atoms with van der Waals surface area (Å²) in [7, 11) is -14.9. The third kappa shape index (κ3) is 13.3. The van der Waals surface area contributed by atoms with Crippen molar-refractivity contribution in [1.82, 2.24) is 30.2 Å². The lowest BCUT2D eigenvalue weighted by Gasteiger charge is -2.30. The van der Waals surface area contributed by atoms with Crippen molar-refractivity contribution in [2.45, 2.75) is 50.9 Å². The molecule has 7 atom stereocenters. The summed E-state index contributed by atoms with van der Waals surface area (Å²) in [6.07, 6.45) is -6.98. The smallest absolute Gasteiger partial charge is 0.481 e. The van der Waals surface area contributed by atoms with Gasteiger partial charge in [-0.25, -0.2) is 28.6 Å². The molecule has 4 rings (SSSR count). The van der Waals surface area contributed by atoms with Gasteiger partial charge in [0.25, 0.3) is 0 Å². The summed E-state index contributed by atoms with van der Waals surface area (Å²) in [5, 5.41) is 26.2. The lowest BCUT2D eigenvalue weighted by Crippen LogP contribution is -2.46. The van der Waals surface area contributed by atoms with Gasteiger partial charge in [-0.3, -0.25) is 32.5 Å². The zero-order valence-electron chi connectivity index (χ0n) is 30.8. The highest BCUT2D eigenvalue weighted by atomic mass is 32.2. The first-order valence-corrected chi connectivity index (χ1v) is 22.2. The number of carbonyl (C=O) groups is 3. The standard InChI is InChI=1S/C29H42N7O18P3S/c1-29(2,23(39)26(40)32-9-8-19(37)31-10-11-58-28(41)16-4-6-17(49-3)7-5-16)13-51-57(47,48)54-56(45,46)50-12-18-22(53-55(42,43)44)21(38)27(52-18)36-15-35-20-24(30)33-14-34-25(20)36/h4-7,14-15,18,21-23,27,38-39H,8-13H2,1-3H3,(H,31,37)(H,32,40)(H,45,46)(H,47,48)(H2,30,33,34)(H2,42,43,44). The van der Waals surface area contributed by atoms with Gasteiger partial charge in [-0.2, -0.15) is 4.31 Å². The van der Waals surface area contributed by atoms with Gasteiger partial charge in [0.15, 0.2) is 17.7 Å². The summed E-state index contributed by atoms with van der Waals surface area (Å²) in [6.45, 7) is 0.395. The Balaban J connectivity index is 1.22. The van der Waals surface area contributed by atoms with E-state index in [1.54, 1.807) is 24.3 Å². The van der Waals surface area contributed by atoms with Crippen LogP contribution in [0.3, 0.4) is 0 Å². The molecule has 7 unspecified atom stereocenters. The number of anilines is 1. The number of nitrogens with one attached hydrogen (secondary N) is 2. The van der Waals surface area contributed by atoms with Gasteiger partial charge in [-0.15, -0.1) is 0 Å². The number of phosphoric acid groups is 3. The first-order valence-electron chi connectivity index (χ1n) is 16.7. The normalized spacial score (nSPS) is 21.2. The minimum Gasteiger partial charge on any atom is -0.497 e. The number of imidazole rings is 1. The van der Waals surface area contributed by atoms with Crippen LogP contribution >= 0.6 is 35.2 Å². The van der Waals surface area contributed by atoms with Gasteiger partial charge in [-0.1, -0.05) is 25.6 Å². The van der Waals surface area contributed by atoms with Gasteiger partial charge in [-0.05, 0) is 24.3 Å². The Hall–Kier alpha value is -3.42. The van der Waals surface area contributed by atoms with Crippen molar-refractivity contribution in [3.05, 3.63) is 42.5 Å². The second kappa shape index (κ2) is 19.8. The average molecular weight is 902 g/mol. The Morgan fingerprint density at radius 2 is 1.69 bits per heavy atom. The highest BCUT2D eigenvalue weighted by Crippen LogP contribution is 2.61. The molecule has 3 aromatic rings. The fraction of sp³-hybridized carbons (Fsp3) is 0.517. The lowest BCUT2D eigenvalue weighted by molar-refractivity contribution is -0.137. The summed E-state index contributed by atoms with van der Waals surface area (Å²) < 4.78 is 67.2. The van der Waals surface area contributed by atoms with E-state index in [1.807, 2.05) is 0 Å². The van der Waals surface area contributed by atoms with Gasteiger partial charge in [0.05, 0.1) is 26.7 Å². The Kier molecular flexibility index (Phi) is 16.1. The monoisotopic (exact) mass is 901 g/mol. The predicted molar refractivity (Wildman–Crippen MR) is 199 cm³/mol. The fourth-order valence-electron chi connectivity index (χ4n) is 5.08. The van der Waals surface area contributed by atoms with Crippen LogP contribution in [0.4, 0.5) is 5.82 Å². The maximum absolute atomic E-state index is 12.7. The van der Waals surface area contributed by atoms with Crippen LogP contribution in [0.2, 0.25) is 0 Å². The number of nitrogen functional groups attached to an aromatic ring is 1. The van der Waals surface area contributed by atoms with E-state index < -0.39 is 84.6 Å². The van der Waals surface area contributed by atoms with E-state index in [0.29, 0.717) is 11.3 Å². The van der Waals surface area contributed by atoms with Crippen molar-refractivity contribution in [1.29, 1.82) is 0 Å². The molecule has 2 aromatic heterocycles. The van der Waals surface area contributed by atoms with Crippen molar-refractivity contribution in [2.75, 3.05) is 44.9 Å². The van der Waals surface area contributed by atoms with Crippen molar-refractivity contribution in [2.24, 2.45) is 5.41 Å². The molecule has 2 amide bonds. The number of thioether (sulfide) groups is 1. The third-order valence-corrected chi connectivity index (χ3v) is 12.1. The van der Waals surface area contributed by atoms with Crippen molar-refractivity contribution >= 4 is 69.1 Å². The number of nitrogens with two attached hydrogens (primary N) is 1. The number of fused-ring (bicyclic) bond motifs is 1. The summed E-state index contributed by atoms with van der Waals surface area (Å²) >= 11 is 0.996. The average Bonchev–Trinajstić information content (AvgIpc) is 3.71. The van der Waals surface area contributed by atoms with Crippen LogP contribution < -0.4 is 21.1 Å². The molecule has 3 heterocycles. The number of benzene rings is 1. The summed E-state index contributed by atoms with van der Waals surface area (Å²) in [6, 6.07) is 6.52. The number of methoxy groups -OCH3 is 1. The van der Waals surface area contributed by atoms with Crippen LogP contribution in [0.25, 0.3) is 11.2 Å². The third-order valence-electron chi connectivity index (χ3n) is 8.06. The van der Waals surface area contributed by atoms with Gasteiger partial charge in [0.1, 0.15) is 42.0 Å². The summed E-state index contributed by atoms with van der Waals surface area (Å²) in [4.78, 5) is 88.0. The molecule has 1 aliphatic heterocycles. The Labute approximate surface area is 333 Å². The number of amides is 2. The SMILES string of the molecule is COc1ccc(C(=O)SCCNC(=O)CCNC(=O)C(O)C(C)(C)COP(=O)(O)OP(=O)(O)OCC2OC(n3cnc4c(N)ncnc43)C(O)C2OP(=O)(O)O)cc1. The maximum atomic E-state index is 12.7. The highest BCUT2D eigenvalue weighted by molar-refractivity contribution is 8.14. The minimum atomic E-state index is -5.58. The van der Waals surface area contributed by atoms with Gasteiger partial charge < -0.3 is 55.6 Å². The van der Waals surface area contributed by atoms with Crippen LogP contribution in [0, 0.1) is 5.41 Å². The molecule has 10 N–H and O–H groups in total. The fourth-order valence-corrected chi connectivity index (χ4v) is 8.61. The predicted octanol–water partition coefficient (Wildman–Crippen LogP) is -0.0129. The number of aliphatic hydroxyl groups is 2. The molecule has 1 fully saturated rings. The van der Waals surface area contributed by atoms with Crippen molar-refractivity contribution < 1.29 is 85.2 Å². The number of rotatable bonds is 21. The van der Waals surface area contributed by atoms with Crippen LogP contribution in [0.1, 0.15) is 36.9 Å². The van der Waals surface area contributed by atoms with E-state index in [1.165, 1.54) is 21.0 Å². The van der Waals surface area contributed by atoms with Gasteiger partial charge in [0, 0.05) is 36.2 Å². The molecular formula is C29H42N7O18P3S. The number of hydrogen-bond donors (Lipinski definition) is 9. The first-order chi connectivity index (χ1) is 27.0. The highest BCUT2D eigenvalue weighted by Gasteiger charge is 2.50. The molecule has 0 spiro atoms. The molecule has 1 aromatic carbocycles. The zero-order valence-corrected chi connectivity index (χ0v) is 34.3. The Bertz CT molecular complexity index is 2070. The number of ether oxygens (including phenoxy) is 2. The molecule has 0 saturated carbocycles. The second-order valence-corrected chi connectivity index (χ2v) is 18.2. The van der Waals surface area contributed by atoms with Crippen LogP contribution in [-0.4, -0.2) is 130 Å². The molecule has 322 valence electrons. The van der Waals surface area contributed by atoms with Crippen LogP contribution in [0.5, 0.6) is 5.75 Å². The van der Waals surface area contributed by atoms with Crippen molar-refractivity contribution in [3.63, 3.8) is 0 Å². The number of hydrogen-bond acceptors (Lipinski definition) is 19. The quantitative estimate of drug-likeness (QED) is 0.0501. The van der Waals surface area contributed by atoms with E-state index >= 15 is 0 Å². The van der Waals surface area contributed by atoms with E-state index in [9.17, 15) is 57.9 Å². The molecule has 0 radical (unpaired) electrons. The number of phosphoric ester groups is 3. The summed E-state index contributed by atoms with van der Waals surface area (Å²) in [5.41, 5.74) is 4.71. The van der Waals surface area contributed by atoms with E-state index in [4.69, 9.17) is 24.3 Å². The van der Waals surface area contributed by atoms with Gasteiger partial charge in [0.2, 0.25) is 16.9 Å². The Morgan fingerprint density at radius 3 is 2.34 bits per heavy atom. The molecular weight excluding hydrogens is 859 g/mol. The molecule has 1 saturated heterocycles. The Morgan fingerprint density at radius 1 is 1.02 bits per heavy atom. The molecule has 0 bridgehead atoms.